The van der Waals surface area contributed by atoms with Gasteiger partial charge in [-0.2, -0.15) is 4.57 Å². The second-order valence-electron chi connectivity index (χ2n) is 6.39. The Morgan fingerprint density at radius 2 is 1.80 bits per heavy atom. The molecule has 0 saturated carbocycles. The first-order chi connectivity index (χ1) is 14.7. The minimum Gasteiger partial charge on any atom is -0.466 e. The van der Waals surface area contributed by atoms with E-state index in [4.69, 9.17) is 4.74 Å². The molecule has 154 valence electrons. The molecule has 0 aliphatic heterocycles. The molecule has 4 nitrogen and oxygen atoms in total. The monoisotopic (exact) mass is 438 g/mol. The second kappa shape index (κ2) is 10.9. The van der Waals surface area contributed by atoms with Gasteiger partial charge in [0.1, 0.15) is 4.21 Å². The fraction of sp³-hybridized carbons (Fsp3) is 0.208. The van der Waals surface area contributed by atoms with Crippen LogP contribution in [-0.4, -0.2) is 24.1 Å². The Morgan fingerprint density at radius 1 is 1.10 bits per heavy atom. The Hall–Kier alpha value is -2.70. The minimum atomic E-state index is -0.333. The Labute approximate surface area is 185 Å². The molecule has 2 aromatic heterocycles. The summed E-state index contributed by atoms with van der Waals surface area (Å²) < 4.78 is 8.19. The number of rotatable bonds is 9. The third kappa shape index (κ3) is 5.26. The lowest BCUT2D eigenvalue weighted by molar-refractivity contribution is -0.598. The summed E-state index contributed by atoms with van der Waals surface area (Å²) in [5, 5.41) is 0. The largest absolute Gasteiger partial charge is 0.466 e. The van der Waals surface area contributed by atoms with Crippen LogP contribution in [0, 0.1) is 0 Å². The highest BCUT2D eigenvalue weighted by molar-refractivity contribution is 8.01. The van der Waals surface area contributed by atoms with Crippen molar-refractivity contribution in [3.05, 3.63) is 89.1 Å². The molecule has 6 heteroatoms. The molecular weight excluding hydrogens is 414 g/mol. The number of aromatic nitrogens is 1. The summed E-state index contributed by atoms with van der Waals surface area (Å²) in [7, 11) is 0. The predicted molar refractivity (Wildman–Crippen MR) is 122 cm³/mol. The predicted octanol–water partition coefficient (Wildman–Crippen LogP) is 5.03. The summed E-state index contributed by atoms with van der Waals surface area (Å²) in [5.41, 5.74) is 2.20. The number of carbonyl (C=O) groups is 2. The van der Waals surface area contributed by atoms with Crippen molar-refractivity contribution < 1.29 is 18.9 Å². The molecule has 0 aliphatic carbocycles. The van der Waals surface area contributed by atoms with Gasteiger partial charge in [-0.25, -0.2) is 0 Å². The van der Waals surface area contributed by atoms with Crippen molar-refractivity contribution in [2.75, 3.05) is 12.4 Å². The highest BCUT2D eigenvalue weighted by Gasteiger charge is 2.31. The lowest BCUT2D eigenvalue weighted by atomic mass is 10.0. The SMILES string of the molecule is C/C=C/CSc1sc(C(=O)c2ccccc2)c(CC(=O)OCC)c1-[n+]1ccccc1. The Morgan fingerprint density at radius 3 is 2.47 bits per heavy atom. The number of allylic oxidation sites excluding steroid dienone is 1. The molecule has 3 aromatic rings. The molecular formula is C24H24NO3S2+. The topological polar surface area (TPSA) is 47.3 Å². The van der Waals surface area contributed by atoms with Gasteiger partial charge in [0.2, 0.25) is 11.5 Å². The van der Waals surface area contributed by atoms with Crippen LogP contribution in [0.3, 0.4) is 0 Å². The van der Waals surface area contributed by atoms with Crippen LogP contribution in [0.5, 0.6) is 0 Å². The highest BCUT2D eigenvalue weighted by Crippen LogP contribution is 2.38. The zero-order valence-electron chi connectivity index (χ0n) is 17.0. The lowest BCUT2D eigenvalue weighted by Gasteiger charge is -2.05. The molecule has 0 fully saturated rings. The molecule has 0 radical (unpaired) electrons. The van der Waals surface area contributed by atoms with Gasteiger partial charge < -0.3 is 4.74 Å². The number of thiophene rings is 1. The summed E-state index contributed by atoms with van der Waals surface area (Å²) in [6.45, 7) is 4.08. The first kappa shape index (κ1) is 22.0. The van der Waals surface area contributed by atoms with E-state index in [1.165, 1.54) is 11.3 Å². The summed E-state index contributed by atoms with van der Waals surface area (Å²) in [6, 6.07) is 15.0. The number of nitrogens with zero attached hydrogens (tertiary/aromatic N) is 1. The van der Waals surface area contributed by atoms with Crippen LogP contribution in [0.2, 0.25) is 0 Å². The molecule has 30 heavy (non-hydrogen) atoms. The van der Waals surface area contributed by atoms with E-state index in [0.717, 1.165) is 15.6 Å². The van der Waals surface area contributed by atoms with Crippen molar-refractivity contribution in [1.82, 2.24) is 0 Å². The normalized spacial score (nSPS) is 11.0. The molecule has 0 saturated heterocycles. The molecule has 0 unspecified atom stereocenters. The first-order valence-electron chi connectivity index (χ1n) is 9.77. The number of ketones is 1. The van der Waals surface area contributed by atoms with E-state index < -0.39 is 0 Å². The number of benzene rings is 1. The molecule has 0 bridgehead atoms. The highest BCUT2D eigenvalue weighted by atomic mass is 32.2. The van der Waals surface area contributed by atoms with E-state index in [0.29, 0.717) is 22.6 Å². The van der Waals surface area contributed by atoms with Gasteiger partial charge >= 0.3 is 5.97 Å². The van der Waals surface area contributed by atoms with Gasteiger partial charge in [0, 0.05) is 23.4 Å². The van der Waals surface area contributed by atoms with E-state index in [-0.39, 0.29) is 18.2 Å². The van der Waals surface area contributed by atoms with Crippen molar-refractivity contribution in [3.63, 3.8) is 0 Å². The molecule has 0 N–H and O–H groups in total. The third-order valence-corrected chi connectivity index (χ3v) is 6.77. The average molecular weight is 439 g/mol. The summed E-state index contributed by atoms with van der Waals surface area (Å²) in [5.74, 6) is 0.380. The molecule has 0 atom stereocenters. The molecule has 2 heterocycles. The lowest BCUT2D eigenvalue weighted by Crippen LogP contribution is -2.31. The molecule has 0 spiro atoms. The number of carbonyl (C=O) groups excluding carboxylic acids is 2. The maximum absolute atomic E-state index is 13.4. The van der Waals surface area contributed by atoms with Gasteiger partial charge in [0.15, 0.2) is 12.4 Å². The number of pyridine rings is 1. The molecule has 3 rings (SSSR count). The smallest absolute Gasteiger partial charge is 0.310 e. The van der Waals surface area contributed by atoms with Gasteiger partial charge in [-0.05, 0) is 13.8 Å². The summed E-state index contributed by atoms with van der Waals surface area (Å²) in [4.78, 5) is 26.4. The van der Waals surface area contributed by atoms with Crippen molar-refractivity contribution in [1.29, 1.82) is 0 Å². The van der Waals surface area contributed by atoms with Gasteiger partial charge in [-0.15, -0.1) is 23.1 Å². The zero-order chi connectivity index (χ0) is 21.3. The van der Waals surface area contributed by atoms with E-state index in [2.05, 4.69) is 6.08 Å². The van der Waals surface area contributed by atoms with Crippen LogP contribution in [0.4, 0.5) is 0 Å². The minimum absolute atomic E-state index is 0.0552. The van der Waals surface area contributed by atoms with Crippen molar-refractivity contribution in [2.24, 2.45) is 0 Å². The van der Waals surface area contributed by atoms with Gasteiger partial charge in [0.05, 0.1) is 23.5 Å². The standard InChI is InChI=1S/C24H24NO3S2/c1-3-5-16-29-24-21(25-14-10-7-11-15-25)19(17-20(26)28-4-2)23(30-24)22(27)18-12-8-6-9-13-18/h3,5-15H,4,16-17H2,1-2H3/q+1/b5-3+. The molecule has 1 aromatic carbocycles. The Bertz CT molecular complexity index is 1030. The molecule has 0 aliphatic rings. The van der Waals surface area contributed by atoms with Gasteiger partial charge in [-0.1, -0.05) is 48.6 Å². The van der Waals surface area contributed by atoms with Gasteiger partial charge in [-0.3, -0.25) is 9.59 Å². The van der Waals surface area contributed by atoms with Crippen LogP contribution < -0.4 is 4.57 Å². The van der Waals surface area contributed by atoms with Crippen LogP contribution >= 0.6 is 23.1 Å². The van der Waals surface area contributed by atoms with Crippen LogP contribution in [0.25, 0.3) is 5.69 Å². The number of hydrogen-bond acceptors (Lipinski definition) is 5. The van der Waals surface area contributed by atoms with Crippen LogP contribution in [-0.2, 0) is 16.0 Å². The third-order valence-electron chi connectivity index (χ3n) is 4.34. The van der Waals surface area contributed by atoms with Crippen molar-refractivity contribution >= 4 is 34.9 Å². The van der Waals surface area contributed by atoms with E-state index >= 15 is 0 Å². The number of thioether (sulfide) groups is 1. The number of hydrogen-bond donors (Lipinski definition) is 0. The number of esters is 1. The second-order valence-corrected chi connectivity index (χ2v) is 8.69. The maximum Gasteiger partial charge on any atom is 0.310 e. The van der Waals surface area contributed by atoms with Gasteiger partial charge in [0.25, 0.3) is 0 Å². The Balaban J connectivity index is 2.16. The fourth-order valence-corrected chi connectivity index (χ4v) is 5.49. The maximum atomic E-state index is 13.4. The van der Waals surface area contributed by atoms with Crippen LogP contribution in [0.1, 0.15) is 34.6 Å². The zero-order valence-corrected chi connectivity index (χ0v) is 18.7. The average Bonchev–Trinajstić information content (AvgIpc) is 3.12. The molecule has 0 amide bonds. The fourth-order valence-electron chi connectivity index (χ4n) is 2.98. The van der Waals surface area contributed by atoms with E-state index in [1.807, 2.05) is 66.4 Å². The number of ether oxygens (including phenoxy) is 1. The Kier molecular flexibility index (Phi) is 7.99. The van der Waals surface area contributed by atoms with Crippen molar-refractivity contribution in [2.45, 2.75) is 24.5 Å². The summed E-state index contributed by atoms with van der Waals surface area (Å²) in [6.07, 6.45) is 8.01. The quantitative estimate of drug-likeness (QED) is 0.155. The van der Waals surface area contributed by atoms with Crippen LogP contribution in [0.15, 0.2) is 77.3 Å². The summed E-state index contributed by atoms with van der Waals surface area (Å²) >= 11 is 3.11. The first-order valence-corrected chi connectivity index (χ1v) is 11.6. The van der Waals surface area contributed by atoms with E-state index in [9.17, 15) is 9.59 Å². The van der Waals surface area contributed by atoms with E-state index in [1.54, 1.807) is 30.8 Å². The van der Waals surface area contributed by atoms with Crippen molar-refractivity contribution in [3.8, 4) is 5.69 Å².